The molecule has 0 spiro atoms. The van der Waals surface area contributed by atoms with E-state index in [2.05, 4.69) is 20.3 Å². The summed E-state index contributed by atoms with van der Waals surface area (Å²) in [5, 5.41) is 29.7. The van der Waals surface area contributed by atoms with Crippen molar-refractivity contribution in [3.05, 3.63) is 48.7 Å². The van der Waals surface area contributed by atoms with Gasteiger partial charge in [-0.05, 0) is 37.1 Å². The number of aliphatic imine (C=N–C) groups is 1. The van der Waals surface area contributed by atoms with Gasteiger partial charge in [0.2, 0.25) is 0 Å². The summed E-state index contributed by atoms with van der Waals surface area (Å²) in [7, 11) is 0. The van der Waals surface area contributed by atoms with Crippen molar-refractivity contribution < 1.29 is 10.2 Å². The van der Waals surface area contributed by atoms with E-state index >= 15 is 0 Å². The Bertz CT molecular complexity index is 959. The molecule has 1 fully saturated rings. The lowest BCUT2D eigenvalue weighted by Gasteiger charge is -2.24. The second-order valence-electron chi connectivity index (χ2n) is 6.16. The molecule has 2 aliphatic rings. The summed E-state index contributed by atoms with van der Waals surface area (Å²) >= 11 is -1.06. The second kappa shape index (κ2) is 5.43. The van der Waals surface area contributed by atoms with Crippen LogP contribution in [0.15, 0.2) is 48.0 Å². The summed E-state index contributed by atoms with van der Waals surface area (Å²) in [4.78, 5) is 8.82. The van der Waals surface area contributed by atoms with Crippen molar-refractivity contribution in [3.63, 3.8) is 0 Å². The lowest BCUT2D eigenvalue weighted by atomic mass is 10.3. The van der Waals surface area contributed by atoms with Crippen LogP contribution in [0.5, 0.6) is 5.75 Å². The number of nitrogens with zero attached hydrogens (tertiary/aromatic N) is 6. The van der Waals surface area contributed by atoms with E-state index in [-0.39, 0.29) is 5.75 Å². The molecule has 2 unspecified atom stereocenters. The van der Waals surface area contributed by atoms with Crippen molar-refractivity contribution in [3.8, 4) is 11.4 Å². The van der Waals surface area contributed by atoms with Crippen molar-refractivity contribution >= 4 is 21.9 Å². The van der Waals surface area contributed by atoms with Gasteiger partial charge < -0.3 is 10.2 Å². The zero-order valence-corrected chi connectivity index (χ0v) is 14.0. The zero-order chi connectivity index (χ0) is 17.0. The molecular weight excluding hydrogens is 340 g/mol. The first-order valence-electron chi connectivity index (χ1n) is 8.01. The topological polar surface area (TPSA) is 101 Å². The van der Waals surface area contributed by atoms with Gasteiger partial charge in [0.15, 0.2) is 5.82 Å². The monoisotopic (exact) mass is 356 g/mol. The molecule has 8 nitrogen and oxygen atoms in total. The van der Waals surface area contributed by atoms with Crippen LogP contribution in [0.25, 0.3) is 5.69 Å². The van der Waals surface area contributed by atoms with Crippen LogP contribution in [0.1, 0.15) is 24.0 Å². The summed E-state index contributed by atoms with van der Waals surface area (Å²) < 4.78 is 3.55. The molecule has 0 saturated heterocycles. The summed E-state index contributed by atoms with van der Waals surface area (Å²) in [5.41, 5.74) is 0.493. The van der Waals surface area contributed by atoms with E-state index in [1.54, 1.807) is 47.7 Å². The standard InChI is InChI=1S/C16H16N6O2S/c23-12-5-3-11(4-6-12)21-8-13(19-20-21)16(24)25-15(10-1-2-10)18-14-7-17-9-22(14)25/h3-10,16,23-25H,1-2H2. The third kappa shape index (κ3) is 2.43. The molecule has 2 atom stereocenters. The molecule has 0 radical (unpaired) electrons. The van der Waals surface area contributed by atoms with E-state index in [1.165, 1.54) is 0 Å². The highest BCUT2D eigenvalue weighted by Gasteiger charge is 2.40. The third-order valence-electron chi connectivity index (χ3n) is 4.36. The average Bonchev–Trinajstić information content (AvgIpc) is 3.04. The zero-order valence-electron chi connectivity index (χ0n) is 13.1. The van der Waals surface area contributed by atoms with Gasteiger partial charge in [0.25, 0.3) is 0 Å². The number of phenols is 1. The molecule has 1 saturated carbocycles. The summed E-state index contributed by atoms with van der Waals surface area (Å²) in [5.74, 6) is 1.46. The first-order chi connectivity index (χ1) is 12.2. The van der Waals surface area contributed by atoms with Crippen molar-refractivity contribution in [1.82, 2.24) is 24.0 Å². The fraction of sp³-hybridized carbons (Fsp3) is 0.250. The fourth-order valence-electron chi connectivity index (χ4n) is 2.92. The van der Waals surface area contributed by atoms with Gasteiger partial charge >= 0.3 is 0 Å². The quantitative estimate of drug-likeness (QED) is 0.621. The average molecular weight is 356 g/mol. The molecule has 3 heterocycles. The molecule has 128 valence electrons. The van der Waals surface area contributed by atoms with Crippen molar-refractivity contribution in [1.29, 1.82) is 0 Å². The van der Waals surface area contributed by atoms with Gasteiger partial charge in [0, 0.05) is 5.92 Å². The van der Waals surface area contributed by atoms with E-state index in [4.69, 9.17) is 0 Å². The van der Waals surface area contributed by atoms with Crippen LogP contribution in [0, 0.1) is 5.92 Å². The van der Waals surface area contributed by atoms with Gasteiger partial charge in [-0.25, -0.2) is 14.7 Å². The Morgan fingerprint density at radius 1 is 1.20 bits per heavy atom. The number of imidazole rings is 1. The van der Waals surface area contributed by atoms with Crippen molar-refractivity contribution in [2.75, 3.05) is 0 Å². The van der Waals surface area contributed by atoms with Gasteiger partial charge in [0.1, 0.15) is 23.2 Å². The Labute approximate surface area is 146 Å². The van der Waals surface area contributed by atoms with Crippen LogP contribution < -0.4 is 0 Å². The summed E-state index contributed by atoms with van der Waals surface area (Å²) in [6.07, 6.45) is 7.43. The molecule has 0 amide bonds. The van der Waals surface area contributed by atoms with Gasteiger partial charge in [-0.15, -0.1) is 5.10 Å². The smallest absolute Gasteiger partial charge is 0.162 e. The molecule has 5 rings (SSSR count). The predicted octanol–water partition coefficient (Wildman–Crippen LogP) is 2.08. The number of aromatic hydroxyl groups is 1. The number of rotatable bonds is 4. The van der Waals surface area contributed by atoms with Crippen LogP contribution in [-0.4, -0.2) is 39.2 Å². The maximum Gasteiger partial charge on any atom is 0.162 e. The molecule has 25 heavy (non-hydrogen) atoms. The minimum absolute atomic E-state index is 0.191. The van der Waals surface area contributed by atoms with Crippen LogP contribution >= 0.6 is 11.1 Å². The highest BCUT2D eigenvalue weighted by Crippen LogP contribution is 2.55. The van der Waals surface area contributed by atoms with Crippen molar-refractivity contribution in [2.24, 2.45) is 10.9 Å². The number of fused-ring (bicyclic) bond motifs is 1. The molecule has 9 heteroatoms. The largest absolute Gasteiger partial charge is 0.508 e. The molecule has 2 aromatic heterocycles. The third-order valence-corrected chi connectivity index (χ3v) is 6.80. The van der Waals surface area contributed by atoms with E-state index in [9.17, 15) is 10.2 Å². The van der Waals surface area contributed by atoms with Gasteiger partial charge in [-0.1, -0.05) is 16.3 Å². The number of aliphatic hydroxyl groups excluding tert-OH is 1. The number of aliphatic hydroxyl groups is 1. The van der Waals surface area contributed by atoms with Crippen LogP contribution in [0.4, 0.5) is 5.82 Å². The number of benzene rings is 1. The molecule has 1 aliphatic carbocycles. The summed E-state index contributed by atoms with van der Waals surface area (Å²) in [6.45, 7) is 0. The van der Waals surface area contributed by atoms with E-state index in [0.717, 1.165) is 29.4 Å². The van der Waals surface area contributed by atoms with Crippen LogP contribution in [-0.2, 0) is 0 Å². The van der Waals surface area contributed by atoms with E-state index < -0.39 is 16.5 Å². The van der Waals surface area contributed by atoms with E-state index in [0.29, 0.717) is 11.6 Å². The number of aromatic nitrogens is 5. The number of hydrogen-bond acceptors (Lipinski definition) is 6. The minimum Gasteiger partial charge on any atom is -0.508 e. The summed E-state index contributed by atoms with van der Waals surface area (Å²) in [6, 6.07) is 6.66. The molecule has 1 aromatic carbocycles. The maximum atomic E-state index is 11.0. The number of phenolic OH excluding ortho intramolecular Hbond substituents is 1. The molecular formula is C16H16N6O2S. The highest BCUT2D eigenvalue weighted by molar-refractivity contribution is 8.29. The molecule has 0 bridgehead atoms. The number of thiol groups is 1. The van der Waals surface area contributed by atoms with Crippen molar-refractivity contribution in [2.45, 2.75) is 18.3 Å². The van der Waals surface area contributed by atoms with Crippen LogP contribution in [0.3, 0.4) is 0 Å². The Hall–Kier alpha value is -2.65. The number of hydrogen-bond donors (Lipinski definition) is 3. The molecule has 2 N–H and O–H groups in total. The normalized spacial score (nSPS) is 21.8. The second-order valence-corrected chi connectivity index (χ2v) is 8.23. The Morgan fingerprint density at radius 3 is 2.76 bits per heavy atom. The van der Waals surface area contributed by atoms with Gasteiger partial charge in [-0.3, -0.25) is 3.97 Å². The van der Waals surface area contributed by atoms with Gasteiger partial charge in [0.05, 0.1) is 23.1 Å². The lowest BCUT2D eigenvalue weighted by Crippen LogP contribution is -2.12. The van der Waals surface area contributed by atoms with Gasteiger partial charge in [-0.2, -0.15) is 0 Å². The lowest BCUT2D eigenvalue weighted by molar-refractivity contribution is 0.263. The SMILES string of the molecule is Oc1ccc(-n2cc(C(O)[SH]3C(C4CC4)=Nc4cncn43)nn2)cc1. The van der Waals surface area contributed by atoms with E-state index in [1.807, 2.05) is 3.97 Å². The first-order valence-corrected chi connectivity index (χ1v) is 9.37. The Morgan fingerprint density at radius 2 is 2.00 bits per heavy atom. The Balaban J connectivity index is 1.47. The fourth-order valence-corrected chi connectivity index (χ4v) is 5.32. The van der Waals surface area contributed by atoms with Crippen LogP contribution in [0.2, 0.25) is 0 Å². The maximum absolute atomic E-state index is 11.0. The Kier molecular flexibility index (Phi) is 3.19. The molecule has 3 aromatic rings. The highest BCUT2D eigenvalue weighted by atomic mass is 32.2. The first kappa shape index (κ1) is 14.7. The minimum atomic E-state index is -1.06. The molecule has 1 aliphatic heterocycles. The predicted molar refractivity (Wildman–Crippen MR) is 94.4 cm³/mol.